The molecule has 0 aliphatic rings. The molecule has 3 N–H and O–H groups in total. The van der Waals surface area contributed by atoms with Gasteiger partial charge in [-0.3, -0.25) is 14.4 Å². The van der Waals surface area contributed by atoms with Gasteiger partial charge in [-0.15, -0.1) is 0 Å². The van der Waals surface area contributed by atoms with Crippen LogP contribution in [0.4, 0.5) is 11.4 Å². The number of esters is 2. The average Bonchev–Trinajstić information content (AvgIpc) is 3.25. The average molecular weight is 884 g/mol. The summed E-state index contributed by atoms with van der Waals surface area (Å²) < 4.78 is 20.9. The van der Waals surface area contributed by atoms with Crippen molar-refractivity contribution in [2.24, 2.45) is 0 Å². The molecule has 0 heterocycles. The van der Waals surface area contributed by atoms with E-state index in [1.54, 1.807) is 91.0 Å². The zero-order valence-corrected chi connectivity index (χ0v) is 36.4. The van der Waals surface area contributed by atoms with Gasteiger partial charge in [0.05, 0.1) is 14.2 Å². The number of hydrogen-bond donors (Lipinski definition) is 2. The number of ether oxygens (including phenoxy) is 4. The Morgan fingerprint density at radius 2 is 1.07 bits per heavy atom. The third-order valence-corrected chi connectivity index (χ3v) is 7.86. The van der Waals surface area contributed by atoms with Crippen LogP contribution in [-0.4, -0.2) is 43.8 Å². The van der Waals surface area contributed by atoms with Crippen LogP contribution < -0.4 is 55.3 Å². The summed E-state index contributed by atoms with van der Waals surface area (Å²) in [4.78, 5) is 57.9. The molecule has 6 aromatic rings. The number of anilines is 2. The summed E-state index contributed by atoms with van der Waals surface area (Å²) in [5, 5.41) is 11.7. The van der Waals surface area contributed by atoms with Gasteiger partial charge in [-0.05, 0) is 109 Å². The van der Waals surface area contributed by atoms with Gasteiger partial charge in [-0.25, -0.2) is 9.59 Å². The van der Waals surface area contributed by atoms with Crippen molar-refractivity contribution in [2.45, 2.75) is 0 Å². The molecule has 0 spiro atoms. The fourth-order valence-electron chi connectivity index (χ4n) is 4.55. The fraction of sp³-hybridized carbons (Fsp3) is 0.0465. The second-order valence-corrected chi connectivity index (χ2v) is 12.4. The number of benzene rings is 6. The molecule has 6 rings (SSSR count). The molecule has 13 nitrogen and oxygen atoms in total. The van der Waals surface area contributed by atoms with E-state index in [0.717, 1.165) is 0 Å². The van der Waals surface area contributed by atoms with Crippen molar-refractivity contribution in [3.63, 3.8) is 0 Å². The summed E-state index contributed by atoms with van der Waals surface area (Å²) in [6.45, 7) is -0.181. The molecule has 0 radical (unpaired) electrons. The summed E-state index contributed by atoms with van der Waals surface area (Å²) in [7, 11) is 2.60. The van der Waals surface area contributed by atoms with Crippen molar-refractivity contribution >= 4 is 75.7 Å². The molecule has 304 valence electrons. The van der Waals surface area contributed by atoms with Gasteiger partial charge >= 0.3 is 41.5 Å². The minimum Gasteiger partial charge on any atom is -0.662 e. The largest absolute Gasteiger partial charge is 1.00 e. The molecule has 6 aromatic carbocycles. The van der Waals surface area contributed by atoms with Gasteiger partial charge in [0.2, 0.25) is 0 Å². The van der Waals surface area contributed by atoms with Crippen LogP contribution in [0, 0.1) is 0 Å². The maximum atomic E-state index is 12.4. The van der Waals surface area contributed by atoms with Crippen LogP contribution in [0.1, 0.15) is 41.4 Å². The third-order valence-electron chi connectivity index (χ3n) is 7.17. The van der Waals surface area contributed by atoms with Gasteiger partial charge in [-0.2, -0.15) is 0 Å². The van der Waals surface area contributed by atoms with E-state index in [1.807, 2.05) is 36.4 Å². The van der Waals surface area contributed by atoms with E-state index >= 15 is 0 Å². The van der Waals surface area contributed by atoms with Crippen molar-refractivity contribution in [1.29, 1.82) is 0 Å². The SMILES string of the molecule is COC(=O)c1cc(N)ccc1Oc1ccccc1.COC(=O)c1cc(NC(=O)c2cccc(Cl)c2)ccc1Oc1ccccc1.O=C(Cl)c1cccc(Cl)c1.O=CO[O-].[Na+]. The number of amides is 1. The number of carbonyl (C=O) groups excluding carboxylic acids is 5. The molecule has 17 heteroatoms. The van der Waals surface area contributed by atoms with Crippen molar-refractivity contribution in [3.8, 4) is 23.0 Å². The molecule has 0 saturated carbocycles. The maximum absolute atomic E-state index is 12.4. The quantitative estimate of drug-likeness (QED) is 0.0303. The first-order chi connectivity index (χ1) is 28.4. The molecule has 1 amide bonds. The van der Waals surface area contributed by atoms with Crippen LogP contribution in [0.2, 0.25) is 10.0 Å². The Bertz CT molecular complexity index is 2340. The van der Waals surface area contributed by atoms with Crippen molar-refractivity contribution in [3.05, 3.63) is 178 Å². The van der Waals surface area contributed by atoms with Crippen LogP contribution in [0.25, 0.3) is 0 Å². The Hall–Kier alpha value is -5.90. The smallest absolute Gasteiger partial charge is 0.662 e. The number of methoxy groups -OCH3 is 2. The first kappa shape index (κ1) is 50.2. The Kier molecular flexibility index (Phi) is 22.6. The van der Waals surface area contributed by atoms with E-state index in [1.165, 1.54) is 32.4 Å². The van der Waals surface area contributed by atoms with Crippen LogP contribution in [0.5, 0.6) is 23.0 Å². The van der Waals surface area contributed by atoms with E-state index in [-0.39, 0.29) is 47.5 Å². The molecule has 60 heavy (non-hydrogen) atoms. The number of rotatable bonds is 10. The molecule has 0 aliphatic heterocycles. The number of carbonyl (C=O) groups is 5. The van der Waals surface area contributed by atoms with E-state index in [2.05, 4.69) is 10.2 Å². The van der Waals surface area contributed by atoms with Crippen molar-refractivity contribution in [2.75, 3.05) is 25.3 Å². The zero-order chi connectivity index (χ0) is 43.2. The van der Waals surface area contributed by atoms with Gasteiger partial charge in [0, 0.05) is 32.5 Å². The molecule has 0 aliphatic carbocycles. The molecular formula is C43H34Cl3N2NaO11. The number of nitrogen functional groups attached to an aromatic ring is 1. The molecule has 0 unspecified atom stereocenters. The summed E-state index contributed by atoms with van der Waals surface area (Å²) in [6.07, 6.45) is 0. The summed E-state index contributed by atoms with van der Waals surface area (Å²) in [5.41, 5.74) is 7.90. The summed E-state index contributed by atoms with van der Waals surface area (Å²) in [6, 6.07) is 40.9. The zero-order valence-electron chi connectivity index (χ0n) is 32.1. The van der Waals surface area contributed by atoms with Gasteiger partial charge in [0.15, 0.2) is 0 Å². The van der Waals surface area contributed by atoms with Gasteiger partial charge < -0.3 is 40.1 Å². The minimum absolute atomic E-state index is 0. The standard InChI is InChI=1S/C21H16ClNO4.C14H13NO3.C7H4Cl2O.CH2O3.Na/c1-26-21(25)18-13-16(23-20(24)14-6-5-7-15(22)12-14)10-11-19(18)27-17-8-3-2-4-9-17;1-17-14(16)12-9-10(15)7-8-13(12)18-11-5-3-2-4-6-11;8-6-3-1-2-5(4-6)7(9)10;2-1-4-3;/h2-13H,1H3,(H,23,24);2-9H,15H2,1H3;1-4H;1,3H;/q;;;;+1/p-1. The second kappa shape index (κ2) is 27.0. The van der Waals surface area contributed by atoms with Gasteiger partial charge in [0.1, 0.15) is 34.1 Å². The Morgan fingerprint density at radius 1 is 0.617 bits per heavy atom. The van der Waals surface area contributed by atoms with Crippen LogP contribution in [0.3, 0.4) is 0 Å². The maximum Gasteiger partial charge on any atom is 1.00 e. The predicted molar refractivity (Wildman–Crippen MR) is 221 cm³/mol. The Balaban J connectivity index is 0.000000322. The molecular weight excluding hydrogens is 850 g/mol. The van der Waals surface area contributed by atoms with Crippen molar-refractivity contribution < 1.29 is 82.6 Å². The topological polar surface area (TPSA) is 193 Å². The second-order valence-electron chi connectivity index (χ2n) is 11.2. The van der Waals surface area contributed by atoms with E-state index < -0.39 is 17.2 Å². The fourth-order valence-corrected chi connectivity index (χ4v) is 5.05. The monoisotopic (exact) mass is 882 g/mol. The molecule has 0 bridgehead atoms. The molecule has 0 saturated heterocycles. The Labute approximate surface area is 382 Å². The number of nitrogens with one attached hydrogen (secondary N) is 1. The van der Waals surface area contributed by atoms with Crippen LogP contribution in [0.15, 0.2) is 146 Å². The number of nitrogens with two attached hydrogens (primary N) is 1. The van der Waals surface area contributed by atoms with Gasteiger partial charge in [0.25, 0.3) is 17.6 Å². The number of hydrogen-bond acceptors (Lipinski definition) is 12. The summed E-state index contributed by atoms with van der Waals surface area (Å²) in [5.74, 6) is 0.583. The van der Waals surface area contributed by atoms with Crippen LogP contribution in [-0.2, 0) is 19.2 Å². The minimum atomic E-state index is -0.570. The molecule has 0 fully saturated rings. The number of halogens is 3. The summed E-state index contributed by atoms with van der Waals surface area (Å²) >= 11 is 16.7. The predicted octanol–water partition coefficient (Wildman–Crippen LogP) is 6.18. The normalized spacial score (nSPS) is 9.43. The third kappa shape index (κ3) is 17.1. The van der Waals surface area contributed by atoms with E-state index in [0.29, 0.717) is 61.1 Å². The first-order valence-corrected chi connectivity index (χ1v) is 17.9. The van der Waals surface area contributed by atoms with Crippen LogP contribution >= 0.6 is 34.8 Å². The number of para-hydroxylation sites is 2. The first-order valence-electron chi connectivity index (χ1n) is 16.8. The molecule has 0 aromatic heterocycles. The Morgan fingerprint density at radius 3 is 1.50 bits per heavy atom. The molecule has 0 atom stereocenters. The van der Waals surface area contributed by atoms with E-state index in [4.69, 9.17) is 69.5 Å². The van der Waals surface area contributed by atoms with Crippen molar-refractivity contribution in [1.82, 2.24) is 0 Å². The van der Waals surface area contributed by atoms with Gasteiger partial charge in [-0.1, -0.05) is 71.7 Å². The van der Waals surface area contributed by atoms with E-state index in [9.17, 15) is 19.2 Å².